The van der Waals surface area contributed by atoms with E-state index < -0.39 is 0 Å². The van der Waals surface area contributed by atoms with Crippen molar-refractivity contribution in [1.29, 1.82) is 0 Å². The van der Waals surface area contributed by atoms with Gasteiger partial charge in [-0.25, -0.2) is 0 Å². The minimum atomic E-state index is -0.333. The molecule has 0 saturated heterocycles. The maximum Gasteiger partial charge on any atom is 0.0651 e. The fourth-order valence-electron chi connectivity index (χ4n) is 8.16. The zero-order chi connectivity index (χ0) is 28.9. The molecule has 3 aromatic rings. The van der Waals surface area contributed by atoms with Gasteiger partial charge in [0, 0.05) is 32.2 Å². The van der Waals surface area contributed by atoms with Crippen LogP contribution in [0.5, 0.6) is 0 Å². The summed E-state index contributed by atoms with van der Waals surface area (Å²) < 4.78 is 0. The van der Waals surface area contributed by atoms with E-state index in [1.54, 1.807) is 0 Å². The molecule has 2 fully saturated rings. The first-order valence-corrected chi connectivity index (χ1v) is 15.9. The molecule has 5 rings (SSSR count). The van der Waals surface area contributed by atoms with Gasteiger partial charge >= 0.3 is 0 Å². The fourth-order valence-corrected chi connectivity index (χ4v) is 8.16. The summed E-state index contributed by atoms with van der Waals surface area (Å²) in [6.45, 7) is 13.1. The molecule has 0 spiro atoms. The fraction of sp³-hybridized carbons (Fsp3) is 0.595. The second-order valence-electron chi connectivity index (χ2n) is 12.8. The van der Waals surface area contributed by atoms with Gasteiger partial charge in [0.15, 0.2) is 0 Å². The molecule has 2 aliphatic rings. The second-order valence-corrected chi connectivity index (χ2v) is 12.8. The third-order valence-corrected chi connectivity index (χ3v) is 10.9. The quantitative estimate of drug-likeness (QED) is 0.257. The molecular formula is C37H52IrNO2-. The van der Waals surface area contributed by atoms with E-state index in [0.29, 0.717) is 5.92 Å². The number of pyridine rings is 1. The summed E-state index contributed by atoms with van der Waals surface area (Å²) in [6, 6.07) is 18.0. The normalized spacial score (nSPS) is 25.1. The third-order valence-electron chi connectivity index (χ3n) is 10.9. The van der Waals surface area contributed by atoms with Gasteiger partial charge in [0.05, 0.1) is 12.2 Å². The molecule has 227 valence electrons. The first kappa shape index (κ1) is 33.9. The van der Waals surface area contributed by atoms with E-state index in [0.717, 1.165) is 55.3 Å². The predicted molar refractivity (Wildman–Crippen MR) is 168 cm³/mol. The number of rotatable bonds is 5. The molecule has 2 unspecified atom stereocenters. The maximum absolute atomic E-state index is 11.4. The van der Waals surface area contributed by atoms with Gasteiger partial charge in [0.1, 0.15) is 0 Å². The van der Waals surface area contributed by atoms with Crippen molar-refractivity contribution in [2.24, 2.45) is 22.7 Å². The summed E-state index contributed by atoms with van der Waals surface area (Å²) in [5.41, 5.74) is 4.54. The van der Waals surface area contributed by atoms with Gasteiger partial charge in [0.25, 0.3) is 0 Å². The number of hydrogen-bond donors (Lipinski definition) is 2. The van der Waals surface area contributed by atoms with Gasteiger partial charge in [-0.1, -0.05) is 78.6 Å². The Morgan fingerprint density at radius 3 is 1.93 bits per heavy atom. The zero-order valence-corrected chi connectivity index (χ0v) is 28.6. The molecule has 1 radical (unpaired) electrons. The van der Waals surface area contributed by atoms with E-state index >= 15 is 0 Å². The molecule has 0 aliphatic heterocycles. The largest absolute Gasteiger partial charge is 0.392 e. The molecule has 1 aromatic heterocycles. The Labute approximate surface area is 262 Å². The molecule has 0 bridgehead atoms. The number of fused-ring (bicyclic) bond motifs is 2. The Morgan fingerprint density at radius 2 is 1.39 bits per heavy atom. The molecule has 3 nitrogen and oxygen atoms in total. The number of nitrogens with zero attached hydrogens (tertiary/aromatic N) is 1. The van der Waals surface area contributed by atoms with Crippen molar-refractivity contribution in [3.8, 4) is 11.3 Å². The van der Waals surface area contributed by atoms with E-state index in [4.69, 9.17) is 0 Å². The minimum Gasteiger partial charge on any atom is -0.392 e. The topological polar surface area (TPSA) is 53.4 Å². The summed E-state index contributed by atoms with van der Waals surface area (Å²) in [6.07, 6.45) is 12.4. The summed E-state index contributed by atoms with van der Waals surface area (Å²) in [4.78, 5) is 4.53. The number of aliphatic hydroxyl groups excluding tert-OH is 2. The van der Waals surface area contributed by atoms with Crippen molar-refractivity contribution in [1.82, 2.24) is 4.98 Å². The van der Waals surface area contributed by atoms with E-state index in [9.17, 15) is 10.2 Å². The number of aromatic nitrogens is 1. The average Bonchev–Trinajstić information content (AvgIpc) is 3.19. The average molecular weight is 735 g/mol. The Morgan fingerprint density at radius 1 is 0.829 bits per heavy atom. The summed E-state index contributed by atoms with van der Waals surface area (Å²) in [5, 5.41) is 25.1. The number of aliphatic hydroxyl groups is 2. The monoisotopic (exact) mass is 735 g/mol. The van der Waals surface area contributed by atoms with Gasteiger partial charge in [-0.3, -0.25) is 0 Å². The molecule has 2 aliphatic carbocycles. The van der Waals surface area contributed by atoms with Gasteiger partial charge in [-0.05, 0) is 90.6 Å². The Hall–Kier alpha value is -1.58. The van der Waals surface area contributed by atoms with Crippen LogP contribution in [-0.2, 0) is 20.1 Å². The first-order chi connectivity index (χ1) is 19.2. The van der Waals surface area contributed by atoms with Crippen molar-refractivity contribution < 1.29 is 30.3 Å². The van der Waals surface area contributed by atoms with Crippen LogP contribution in [0.4, 0.5) is 0 Å². The van der Waals surface area contributed by atoms with Crippen molar-refractivity contribution >= 4 is 10.8 Å². The van der Waals surface area contributed by atoms with Crippen LogP contribution in [0.15, 0.2) is 48.7 Å². The SMILES string of the molecule is CCC1(CC)CCCC2CCCC(CC)(CC)C(O)C2C1O.Cc1[c-]c(-c2nccc3ccccc23)cc(C)c1.[Ir]. The molecule has 2 N–H and O–H groups in total. The van der Waals surface area contributed by atoms with Crippen LogP contribution >= 0.6 is 0 Å². The third kappa shape index (κ3) is 6.98. The molecular weight excluding hydrogens is 683 g/mol. The van der Waals surface area contributed by atoms with Crippen LogP contribution in [0, 0.1) is 42.6 Å². The summed E-state index contributed by atoms with van der Waals surface area (Å²) in [5.74, 6) is 0.606. The Bertz CT molecular complexity index is 1190. The van der Waals surface area contributed by atoms with E-state index in [-0.39, 0.29) is 49.1 Å². The van der Waals surface area contributed by atoms with Crippen LogP contribution in [-0.4, -0.2) is 27.4 Å². The number of benzene rings is 2. The van der Waals surface area contributed by atoms with Crippen LogP contribution in [0.25, 0.3) is 22.0 Å². The second kappa shape index (κ2) is 14.7. The Balaban J connectivity index is 0.000000224. The van der Waals surface area contributed by atoms with Gasteiger partial charge in [-0.2, -0.15) is 0 Å². The maximum atomic E-state index is 11.4. The van der Waals surface area contributed by atoms with Gasteiger partial charge in [-0.15, -0.1) is 34.9 Å². The summed E-state index contributed by atoms with van der Waals surface area (Å²) >= 11 is 0. The Kier molecular flexibility index (Phi) is 12.2. The number of aryl methyl sites for hydroxylation is 2. The van der Waals surface area contributed by atoms with Crippen molar-refractivity contribution in [3.05, 3.63) is 65.9 Å². The van der Waals surface area contributed by atoms with Crippen molar-refractivity contribution in [3.63, 3.8) is 0 Å². The molecule has 4 heteroatoms. The molecule has 41 heavy (non-hydrogen) atoms. The molecule has 2 atom stereocenters. The van der Waals surface area contributed by atoms with Crippen LogP contribution in [0.3, 0.4) is 0 Å². The molecule has 1 heterocycles. The van der Waals surface area contributed by atoms with Crippen molar-refractivity contribution in [2.45, 2.75) is 118 Å². The molecule has 0 amide bonds. The van der Waals surface area contributed by atoms with Gasteiger partial charge in [0.2, 0.25) is 0 Å². The minimum absolute atomic E-state index is 0. The van der Waals surface area contributed by atoms with Crippen LogP contribution in [0.1, 0.15) is 103 Å². The molecule has 2 saturated carbocycles. The molecule has 2 aromatic carbocycles. The smallest absolute Gasteiger partial charge is 0.0651 e. The number of hydrogen-bond acceptors (Lipinski definition) is 3. The van der Waals surface area contributed by atoms with Crippen LogP contribution < -0.4 is 0 Å². The van der Waals surface area contributed by atoms with E-state index in [2.05, 4.69) is 89.0 Å². The first-order valence-electron chi connectivity index (χ1n) is 15.9. The van der Waals surface area contributed by atoms with Crippen LogP contribution in [0.2, 0.25) is 0 Å². The van der Waals surface area contributed by atoms with E-state index in [1.807, 2.05) is 12.3 Å². The zero-order valence-electron chi connectivity index (χ0n) is 26.2. The van der Waals surface area contributed by atoms with Gasteiger partial charge < -0.3 is 15.2 Å². The predicted octanol–water partition coefficient (Wildman–Crippen LogP) is 9.24. The summed E-state index contributed by atoms with van der Waals surface area (Å²) in [7, 11) is 0. The van der Waals surface area contributed by atoms with E-state index in [1.165, 1.54) is 42.0 Å². The van der Waals surface area contributed by atoms with Crippen molar-refractivity contribution in [2.75, 3.05) is 0 Å². The standard InChI is InChI=1S/C20H38O2.C17H14N.Ir/c1-5-19(6-2)13-9-11-15-12-10-14-20(7-3,8-4)18(22)16(15)17(19)21;1-12-9-13(2)11-15(10-12)17-16-6-4-3-5-14(16)7-8-18-17;/h15-18,21-22H,5-14H2,1-4H3;3-10H,1-2H3;/q;-1;.